The maximum absolute atomic E-state index is 12.8. The lowest BCUT2D eigenvalue weighted by Crippen LogP contribution is -2.30. The van der Waals surface area contributed by atoms with Crippen LogP contribution in [0.4, 0.5) is 0 Å². The van der Waals surface area contributed by atoms with Crippen LogP contribution in [0.3, 0.4) is 0 Å². The average Bonchev–Trinajstić information content (AvgIpc) is 3.28. The quantitative estimate of drug-likeness (QED) is 0.552. The molecule has 0 spiro atoms. The maximum Gasteiger partial charge on any atom is 0.306 e. The zero-order valence-electron chi connectivity index (χ0n) is 14.3. The van der Waals surface area contributed by atoms with Crippen LogP contribution in [0, 0.1) is 0 Å². The highest BCUT2D eigenvalue weighted by Gasteiger charge is 2.22. The number of hydrogen-bond acceptors (Lipinski definition) is 6. The standard InChI is InChI=1S/C18H16ClNO6S/c1-27(22,23)26-16-7-6-14(19)10-13(16)11-20(12-15-4-2-8-24-15)18(21)17-5-3-9-25-17/h2-10H,11-12H2,1H3. The highest BCUT2D eigenvalue weighted by atomic mass is 35.5. The monoisotopic (exact) mass is 409 g/mol. The van der Waals surface area contributed by atoms with Crippen LogP contribution >= 0.6 is 11.6 Å². The molecule has 142 valence electrons. The summed E-state index contributed by atoms with van der Waals surface area (Å²) in [5.41, 5.74) is 0.430. The molecular weight excluding hydrogens is 394 g/mol. The molecule has 0 aliphatic heterocycles. The number of hydrogen-bond donors (Lipinski definition) is 0. The van der Waals surface area contributed by atoms with Crippen molar-refractivity contribution in [1.29, 1.82) is 0 Å². The summed E-state index contributed by atoms with van der Waals surface area (Å²) >= 11 is 6.05. The van der Waals surface area contributed by atoms with Gasteiger partial charge < -0.3 is 17.9 Å². The number of carbonyl (C=O) groups excluding carboxylic acids is 1. The Kier molecular flexibility index (Phi) is 5.57. The molecule has 2 aromatic heterocycles. The second kappa shape index (κ2) is 7.89. The highest BCUT2D eigenvalue weighted by Crippen LogP contribution is 2.27. The number of nitrogens with zero attached hydrogens (tertiary/aromatic N) is 1. The van der Waals surface area contributed by atoms with Crippen molar-refractivity contribution in [2.75, 3.05) is 6.26 Å². The van der Waals surface area contributed by atoms with Crippen molar-refractivity contribution in [3.8, 4) is 5.75 Å². The third-order valence-corrected chi connectivity index (χ3v) is 4.29. The first kappa shape index (κ1) is 19.1. The summed E-state index contributed by atoms with van der Waals surface area (Å²) in [6.45, 7) is 0.184. The molecule has 27 heavy (non-hydrogen) atoms. The number of halogens is 1. The molecule has 3 aromatic rings. The Hall–Kier alpha value is -2.71. The molecule has 0 bridgehead atoms. The molecule has 0 radical (unpaired) electrons. The first-order chi connectivity index (χ1) is 12.8. The van der Waals surface area contributed by atoms with Crippen LogP contribution in [0.2, 0.25) is 5.02 Å². The first-order valence-corrected chi connectivity index (χ1v) is 10.0. The summed E-state index contributed by atoms with van der Waals surface area (Å²) in [5, 5.41) is 0.384. The van der Waals surface area contributed by atoms with E-state index in [0.717, 1.165) is 6.26 Å². The van der Waals surface area contributed by atoms with Gasteiger partial charge in [0.25, 0.3) is 5.91 Å². The predicted octanol–water partition coefficient (Wildman–Crippen LogP) is 3.71. The Balaban J connectivity index is 1.94. The molecule has 0 fully saturated rings. The van der Waals surface area contributed by atoms with Gasteiger partial charge in [-0.25, -0.2) is 0 Å². The van der Waals surface area contributed by atoms with E-state index in [4.69, 9.17) is 24.6 Å². The lowest BCUT2D eigenvalue weighted by molar-refractivity contribution is 0.0684. The maximum atomic E-state index is 12.8. The molecule has 1 aromatic carbocycles. The number of rotatable bonds is 7. The van der Waals surface area contributed by atoms with E-state index in [1.165, 1.54) is 29.6 Å². The van der Waals surface area contributed by atoms with Crippen molar-refractivity contribution in [3.05, 3.63) is 77.1 Å². The van der Waals surface area contributed by atoms with E-state index < -0.39 is 10.1 Å². The molecule has 0 aliphatic carbocycles. The van der Waals surface area contributed by atoms with Crippen LogP contribution in [-0.4, -0.2) is 25.5 Å². The van der Waals surface area contributed by atoms with Gasteiger partial charge in [0.05, 0.1) is 31.9 Å². The Labute approximate surface area is 161 Å². The van der Waals surface area contributed by atoms with Gasteiger partial charge in [0.1, 0.15) is 11.5 Å². The Morgan fingerprint density at radius 1 is 1.11 bits per heavy atom. The smallest absolute Gasteiger partial charge is 0.306 e. The van der Waals surface area contributed by atoms with Gasteiger partial charge in [0, 0.05) is 10.6 Å². The normalized spacial score (nSPS) is 11.3. The van der Waals surface area contributed by atoms with Gasteiger partial charge in [-0.1, -0.05) is 11.6 Å². The van der Waals surface area contributed by atoms with Crippen LogP contribution in [0.5, 0.6) is 5.75 Å². The van der Waals surface area contributed by atoms with E-state index >= 15 is 0 Å². The summed E-state index contributed by atoms with van der Waals surface area (Å²) in [4.78, 5) is 14.3. The fourth-order valence-electron chi connectivity index (χ4n) is 2.47. The molecule has 0 unspecified atom stereocenters. The molecule has 7 nitrogen and oxygen atoms in total. The summed E-state index contributed by atoms with van der Waals surface area (Å²) in [7, 11) is -3.75. The fraction of sp³-hybridized carbons (Fsp3) is 0.167. The number of amides is 1. The van der Waals surface area contributed by atoms with Crippen molar-refractivity contribution in [3.63, 3.8) is 0 Å². The molecule has 9 heteroatoms. The third kappa shape index (κ3) is 5.15. The van der Waals surface area contributed by atoms with Crippen molar-refractivity contribution < 1.29 is 26.2 Å². The molecule has 2 heterocycles. The van der Waals surface area contributed by atoms with Gasteiger partial charge in [-0.15, -0.1) is 0 Å². The summed E-state index contributed by atoms with van der Waals surface area (Å²) < 4.78 is 38.6. The summed E-state index contributed by atoms with van der Waals surface area (Å²) in [5.74, 6) is 0.414. The van der Waals surface area contributed by atoms with Crippen LogP contribution in [-0.2, 0) is 23.2 Å². The van der Waals surface area contributed by atoms with E-state index in [1.807, 2.05) is 0 Å². The van der Waals surface area contributed by atoms with Gasteiger partial charge >= 0.3 is 10.1 Å². The van der Waals surface area contributed by atoms with Crippen molar-refractivity contribution in [2.24, 2.45) is 0 Å². The largest absolute Gasteiger partial charge is 0.467 e. The first-order valence-electron chi connectivity index (χ1n) is 7.85. The average molecular weight is 410 g/mol. The minimum absolute atomic E-state index is 0.0334. The second-order valence-electron chi connectivity index (χ2n) is 5.76. The zero-order valence-corrected chi connectivity index (χ0v) is 15.9. The van der Waals surface area contributed by atoms with E-state index in [1.54, 1.807) is 30.3 Å². The number of carbonyl (C=O) groups is 1. The molecule has 3 rings (SSSR count). The van der Waals surface area contributed by atoms with Crippen molar-refractivity contribution in [2.45, 2.75) is 13.1 Å². The number of benzene rings is 1. The van der Waals surface area contributed by atoms with E-state index in [0.29, 0.717) is 16.3 Å². The van der Waals surface area contributed by atoms with Gasteiger partial charge in [0.2, 0.25) is 0 Å². The van der Waals surface area contributed by atoms with Crippen LogP contribution < -0.4 is 4.18 Å². The van der Waals surface area contributed by atoms with Crippen molar-refractivity contribution >= 4 is 27.6 Å². The molecule has 0 saturated heterocycles. The molecule has 0 aliphatic rings. The lowest BCUT2D eigenvalue weighted by atomic mass is 10.1. The van der Waals surface area contributed by atoms with E-state index in [-0.39, 0.29) is 30.5 Å². The summed E-state index contributed by atoms with van der Waals surface area (Å²) in [6.07, 6.45) is 3.85. The van der Waals surface area contributed by atoms with E-state index in [2.05, 4.69) is 0 Å². The van der Waals surface area contributed by atoms with Crippen LogP contribution in [0.15, 0.2) is 63.8 Å². The molecule has 0 saturated carbocycles. The Morgan fingerprint density at radius 3 is 2.48 bits per heavy atom. The fourth-order valence-corrected chi connectivity index (χ4v) is 3.15. The Morgan fingerprint density at radius 2 is 1.85 bits per heavy atom. The SMILES string of the molecule is CS(=O)(=O)Oc1ccc(Cl)cc1CN(Cc1ccco1)C(=O)c1ccco1. The van der Waals surface area contributed by atoms with Gasteiger partial charge in [-0.05, 0) is 42.5 Å². The second-order valence-corrected chi connectivity index (χ2v) is 7.77. The Bertz CT molecular complexity index is 1010. The van der Waals surface area contributed by atoms with Crippen LogP contribution in [0.1, 0.15) is 21.9 Å². The van der Waals surface area contributed by atoms with E-state index in [9.17, 15) is 13.2 Å². The van der Waals surface area contributed by atoms with Crippen LogP contribution in [0.25, 0.3) is 0 Å². The van der Waals surface area contributed by atoms with Crippen molar-refractivity contribution in [1.82, 2.24) is 4.90 Å². The van der Waals surface area contributed by atoms with Gasteiger partial charge in [-0.3, -0.25) is 4.79 Å². The molecular formula is C18H16ClNO6S. The third-order valence-electron chi connectivity index (χ3n) is 3.57. The van der Waals surface area contributed by atoms with Gasteiger partial charge in [0.15, 0.2) is 5.76 Å². The summed E-state index contributed by atoms with van der Waals surface area (Å²) in [6, 6.07) is 11.1. The molecule has 1 amide bonds. The minimum Gasteiger partial charge on any atom is -0.467 e. The number of furan rings is 2. The zero-order chi connectivity index (χ0) is 19.4. The minimum atomic E-state index is -3.75. The molecule has 0 atom stereocenters. The predicted molar refractivity (Wildman–Crippen MR) is 97.9 cm³/mol. The molecule has 0 N–H and O–H groups in total. The lowest BCUT2D eigenvalue weighted by Gasteiger charge is -2.22. The topological polar surface area (TPSA) is 90.0 Å². The van der Waals surface area contributed by atoms with Gasteiger partial charge in [-0.2, -0.15) is 8.42 Å². The highest BCUT2D eigenvalue weighted by molar-refractivity contribution is 7.86.